The highest BCUT2D eigenvalue weighted by atomic mass is 79.9. The van der Waals surface area contributed by atoms with Crippen molar-refractivity contribution < 1.29 is 9.59 Å². The molecule has 44 valence electrons. The van der Waals surface area contributed by atoms with E-state index >= 15 is 0 Å². The molecule has 0 amide bonds. The van der Waals surface area contributed by atoms with Gasteiger partial charge in [0.15, 0.2) is 0 Å². The molecule has 0 N–H and O–H groups in total. The van der Waals surface area contributed by atoms with Gasteiger partial charge in [0.25, 0.3) is 4.69 Å². The van der Waals surface area contributed by atoms with Gasteiger partial charge in [0, 0.05) is 15.9 Å². The number of carbonyl (C=O) groups is 2. The van der Waals surface area contributed by atoms with Crippen LogP contribution in [0.4, 0.5) is 0 Å². The van der Waals surface area contributed by atoms with Gasteiger partial charge in [-0.3, -0.25) is 9.59 Å². The topological polar surface area (TPSA) is 34.1 Å². The summed E-state index contributed by atoms with van der Waals surface area (Å²) in [7, 11) is 0. The molecular weight excluding hydrogens is 240 g/mol. The Morgan fingerprint density at radius 2 is 1.88 bits per heavy atom. The Hall–Kier alpha value is 0.0400. The fourth-order valence-corrected chi connectivity index (χ4v) is 0.495. The Morgan fingerprint density at radius 3 is 2.00 bits per heavy atom. The van der Waals surface area contributed by atoms with E-state index in [2.05, 4.69) is 31.9 Å². The van der Waals surface area contributed by atoms with Crippen LogP contribution in [-0.2, 0) is 9.59 Å². The number of hydrogen-bond acceptors (Lipinski definition) is 2. The summed E-state index contributed by atoms with van der Waals surface area (Å²) in [5.41, 5.74) is 0. The van der Waals surface area contributed by atoms with Crippen molar-refractivity contribution in [3.05, 3.63) is 11.1 Å². The van der Waals surface area contributed by atoms with Crippen LogP contribution in [0, 0.1) is 0 Å². The molecule has 0 unspecified atom stereocenters. The molecule has 0 radical (unpaired) electrons. The number of allylic oxidation sites excluding steroid dienone is 1. The van der Waals surface area contributed by atoms with Gasteiger partial charge in [0.1, 0.15) is 0 Å². The van der Waals surface area contributed by atoms with Crippen molar-refractivity contribution in [3.63, 3.8) is 0 Å². The summed E-state index contributed by atoms with van der Waals surface area (Å²) >= 11 is 5.32. The zero-order chi connectivity index (χ0) is 6.57. The molecule has 0 rings (SSSR count). The number of rotatable bonds is 2. The lowest BCUT2D eigenvalue weighted by Crippen LogP contribution is -2.00. The molecule has 0 bridgehead atoms. The Morgan fingerprint density at radius 1 is 1.38 bits per heavy atom. The van der Waals surface area contributed by atoms with E-state index in [0.717, 1.165) is 6.08 Å². The standard InChI is InChI=1S/C4H2Br2O2/c5-2-1-3(7)4(6)8/h1-2H. The summed E-state index contributed by atoms with van der Waals surface area (Å²) in [6.45, 7) is 0. The molecule has 8 heavy (non-hydrogen) atoms. The minimum Gasteiger partial charge on any atom is -0.285 e. The van der Waals surface area contributed by atoms with Gasteiger partial charge in [0.2, 0.25) is 5.78 Å². The molecule has 0 aliphatic heterocycles. The van der Waals surface area contributed by atoms with Crippen LogP contribution < -0.4 is 0 Å². The minimum absolute atomic E-state index is 0.568. The Balaban J connectivity index is 3.85. The first kappa shape index (κ1) is 8.04. The third-order valence-corrected chi connectivity index (χ3v) is 1.06. The average molecular weight is 242 g/mol. The van der Waals surface area contributed by atoms with E-state index < -0.39 is 10.5 Å². The minimum atomic E-state index is -0.631. The van der Waals surface area contributed by atoms with Gasteiger partial charge in [-0.2, -0.15) is 0 Å². The maximum atomic E-state index is 10.2. The second-order valence-electron chi connectivity index (χ2n) is 0.931. The second kappa shape index (κ2) is 3.97. The van der Waals surface area contributed by atoms with E-state index in [1.807, 2.05) is 0 Å². The van der Waals surface area contributed by atoms with Gasteiger partial charge >= 0.3 is 0 Å². The Bertz CT molecular complexity index is 139. The molecule has 0 aliphatic rings. The van der Waals surface area contributed by atoms with Crippen LogP contribution in [0.2, 0.25) is 0 Å². The molecule has 0 fully saturated rings. The SMILES string of the molecule is O=C(Br)C(=O)C=CBr. The summed E-state index contributed by atoms with van der Waals surface area (Å²) in [5.74, 6) is -0.568. The zero-order valence-electron chi connectivity index (χ0n) is 3.73. The van der Waals surface area contributed by atoms with Crippen LogP contribution in [0.15, 0.2) is 11.1 Å². The van der Waals surface area contributed by atoms with Crippen LogP contribution >= 0.6 is 31.9 Å². The summed E-state index contributed by atoms with van der Waals surface area (Å²) in [6, 6.07) is 0. The van der Waals surface area contributed by atoms with Crippen molar-refractivity contribution in [1.29, 1.82) is 0 Å². The van der Waals surface area contributed by atoms with Crippen molar-refractivity contribution >= 4 is 42.3 Å². The number of carbonyl (C=O) groups excluding carboxylic acids is 2. The van der Waals surface area contributed by atoms with Crippen LogP contribution in [0.25, 0.3) is 0 Å². The third kappa shape index (κ3) is 3.10. The molecule has 0 saturated heterocycles. The zero-order valence-corrected chi connectivity index (χ0v) is 6.90. The van der Waals surface area contributed by atoms with E-state index in [1.54, 1.807) is 0 Å². The van der Waals surface area contributed by atoms with Crippen molar-refractivity contribution in [3.8, 4) is 0 Å². The first-order chi connectivity index (χ1) is 3.68. The van der Waals surface area contributed by atoms with Crippen LogP contribution in [-0.4, -0.2) is 10.5 Å². The molecule has 0 aromatic carbocycles. The van der Waals surface area contributed by atoms with Crippen LogP contribution in [0.3, 0.4) is 0 Å². The molecule has 0 aliphatic carbocycles. The summed E-state index contributed by atoms with van der Waals surface area (Å²) < 4.78 is -0.631. The summed E-state index contributed by atoms with van der Waals surface area (Å²) in [6.07, 6.45) is 1.12. The number of ketones is 1. The molecule has 0 spiro atoms. The van der Waals surface area contributed by atoms with Crippen LogP contribution in [0.1, 0.15) is 0 Å². The fraction of sp³-hybridized carbons (Fsp3) is 0. The Labute approximate surface area is 63.2 Å². The van der Waals surface area contributed by atoms with Crippen molar-refractivity contribution in [2.24, 2.45) is 0 Å². The molecule has 0 atom stereocenters. The van der Waals surface area contributed by atoms with Gasteiger partial charge in [-0.05, 0) is 11.1 Å². The summed E-state index contributed by atoms with van der Waals surface area (Å²) in [5, 5.41) is 0. The van der Waals surface area contributed by atoms with Gasteiger partial charge in [-0.1, -0.05) is 15.9 Å². The predicted molar refractivity (Wildman–Crippen MR) is 37.0 cm³/mol. The quantitative estimate of drug-likeness (QED) is 0.416. The largest absolute Gasteiger partial charge is 0.285 e. The molecule has 0 aromatic rings. The normalized spacial score (nSPS) is 9.75. The van der Waals surface area contributed by atoms with E-state index in [4.69, 9.17) is 0 Å². The second-order valence-corrected chi connectivity index (χ2v) is 2.18. The first-order valence-electron chi connectivity index (χ1n) is 1.69. The van der Waals surface area contributed by atoms with Gasteiger partial charge < -0.3 is 0 Å². The van der Waals surface area contributed by atoms with Crippen molar-refractivity contribution in [2.45, 2.75) is 0 Å². The molecule has 0 heterocycles. The predicted octanol–water partition coefficient (Wildman–Crippen LogP) is 1.39. The van der Waals surface area contributed by atoms with Gasteiger partial charge in [0.05, 0.1) is 0 Å². The third-order valence-electron chi connectivity index (χ3n) is 0.408. The van der Waals surface area contributed by atoms with Crippen molar-refractivity contribution in [2.75, 3.05) is 0 Å². The lowest BCUT2D eigenvalue weighted by atomic mass is 10.4. The number of halogens is 2. The smallest absolute Gasteiger partial charge is 0.267 e. The highest BCUT2D eigenvalue weighted by Gasteiger charge is 2.02. The van der Waals surface area contributed by atoms with Crippen molar-refractivity contribution in [1.82, 2.24) is 0 Å². The van der Waals surface area contributed by atoms with Crippen LogP contribution in [0.5, 0.6) is 0 Å². The monoisotopic (exact) mass is 240 g/mol. The molecular formula is C4H2Br2O2. The molecule has 0 aromatic heterocycles. The highest BCUT2D eigenvalue weighted by Crippen LogP contribution is 1.90. The van der Waals surface area contributed by atoms with E-state index in [0.29, 0.717) is 0 Å². The highest BCUT2D eigenvalue weighted by molar-refractivity contribution is 9.19. The van der Waals surface area contributed by atoms with Gasteiger partial charge in [-0.25, -0.2) is 0 Å². The average Bonchev–Trinajstić information content (AvgIpc) is 1.67. The van der Waals surface area contributed by atoms with E-state index in [9.17, 15) is 9.59 Å². The van der Waals surface area contributed by atoms with Gasteiger partial charge in [-0.15, -0.1) is 0 Å². The van der Waals surface area contributed by atoms with E-state index in [1.165, 1.54) is 4.99 Å². The first-order valence-corrected chi connectivity index (χ1v) is 3.40. The maximum absolute atomic E-state index is 10.2. The Kier molecular flexibility index (Phi) is 3.99. The molecule has 2 nitrogen and oxygen atoms in total. The lowest BCUT2D eigenvalue weighted by molar-refractivity contribution is -0.128. The van der Waals surface area contributed by atoms with E-state index in [-0.39, 0.29) is 0 Å². The number of hydrogen-bond donors (Lipinski definition) is 0. The molecule has 0 saturated carbocycles. The maximum Gasteiger partial charge on any atom is 0.267 e. The molecule has 4 heteroatoms. The lowest BCUT2D eigenvalue weighted by Gasteiger charge is -1.76. The summed E-state index contributed by atoms with van der Waals surface area (Å²) in [4.78, 5) is 21.6. The fourth-order valence-electron chi connectivity index (χ4n) is 0.123.